The maximum absolute atomic E-state index is 8.74. The van der Waals surface area contributed by atoms with E-state index < -0.39 is 0 Å². The molecule has 0 aliphatic rings. The Kier molecular flexibility index (Phi) is 6.53. The van der Waals surface area contributed by atoms with Gasteiger partial charge in [0, 0.05) is 5.56 Å². The van der Waals surface area contributed by atoms with Crippen molar-refractivity contribution in [2.45, 2.75) is 52.4 Å². The molecule has 1 N–H and O–H groups in total. The zero-order valence-electron chi connectivity index (χ0n) is 17.2. The molecule has 0 spiro atoms. The van der Waals surface area contributed by atoms with Crippen LogP contribution in [0.3, 0.4) is 0 Å². The van der Waals surface area contributed by atoms with Crippen LogP contribution in [-0.2, 0) is 10.8 Å². The summed E-state index contributed by atoms with van der Waals surface area (Å²) >= 11 is 0. The first kappa shape index (κ1) is 20.8. The average Bonchev–Trinajstić information content (AvgIpc) is 2.58. The van der Waals surface area contributed by atoms with Crippen LogP contribution in [0.1, 0.15) is 58.2 Å². The molecular formula is C23H31NO3. The Morgan fingerprint density at radius 2 is 1.48 bits per heavy atom. The van der Waals surface area contributed by atoms with Gasteiger partial charge in [0.2, 0.25) is 0 Å². The Hall–Kier alpha value is -2.49. The van der Waals surface area contributed by atoms with Crippen molar-refractivity contribution in [3.8, 4) is 11.5 Å². The molecule has 0 heterocycles. The van der Waals surface area contributed by atoms with Crippen LogP contribution in [0.15, 0.2) is 47.6 Å². The molecule has 2 aromatic rings. The van der Waals surface area contributed by atoms with Gasteiger partial charge >= 0.3 is 0 Å². The molecule has 0 amide bonds. The lowest BCUT2D eigenvalue weighted by Gasteiger charge is -2.27. The number of rotatable bonds is 6. The van der Waals surface area contributed by atoms with Gasteiger partial charge in [0.1, 0.15) is 24.7 Å². The molecule has 0 atom stereocenters. The molecule has 4 heteroatoms. The lowest BCUT2D eigenvalue weighted by atomic mass is 9.80. The van der Waals surface area contributed by atoms with Crippen molar-refractivity contribution in [2.75, 3.05) is 13.2 Å². The Labute approximate surface area is 162 Å². The summed E-state index contributed by atoms with van der Waals surface area (Å²) in [5, 5.41) is 11.8. The summed E-state index contributed by atoms with van der Waals surface area (Å²) in [4.78, 5) is 0. The van der Waals surface area contributed by atoms with Crippen LogP contribution in [0.5, 0.6) is 11.5 Å². The molecule has 0 aromatic heterocycles. The molecule has 27 heavy (non-hydrogen) atoms. The lowest BCUT2D eigenvalue weighted by molar-refractivity contribution is 0.214. The van der Waals surface area contributed by atoms with E-state index in [1.807, 2.05) is 24.3 Å². The highest BCUT2D eigenvalue weighted by Gasteiger charge is 2.23. The van der Waals surface area contributed by atoms with E-state index in [4.69, 9.17) is 14.7 Å². The molecule has 0 fully saturated rings. The maximum Gasteiger partial charge on any atom is 0.128 e. The van der Waals surface area contributed by atoms with Crippen LogP contribution in [0.25, 0.3) is 0 Å². The van der Waals surface area contributed by atoms with Gasteiger partial charge in [0.15, 0.2) is 0 Å². The summed E-state index contributed by atoms with van der Waals surface area (Å²) in [5.41, 5.74) is 3.31. The Balaban J connectivity index is 2.08. The van der Waals surface area contributed by atoms with Crippen LogP contribution in [0.4, 0.5) is 0 Å². The fraction of sp³-hybridized carbons (Fsp3) is 0.435. The Morgan fingerprint density at radius 1 is 0.852 bits per heavy atom. The number of nitrogens with zero attached hydrogens (tertiary/aromatic N) is 1. The third-order valence-corrected chi connectivity index (χ3v) is 4.37. The highest BCUT2D eigenvalue weighted by Crippen LogP contribution is 2.35. The number of hydrogen-bond acceptors (Lipinski definition) is 4. The summed E-state index contributed by atoms with van der Waals surface area (Å²) in [6, 6.07) is 13.9. The van der Waals surface area contributed by atoms with Crippen LogP contribution in [0.2, 0.25) is 0 Å². The van der Waals surface area contributed by atoms with E-state index in [2.05, 4.69) is 64.9 Å². The molecule has 0 radical (unpaired) electrons. The minimum absolute atomic E-state index is 0.0123. The SMILES string of the molecule is CC(C)(C)c1ccc(OCCOc2ccccc2C=NO)c(C(C)(C)C)c1. The van der Waals surface area contributed by atoms with Gasteiger partial charge in [-0.15, -0.1) is 0 Å². The van der Waals surface area contributed by atoms with Gasteiger partial charge in [0.05, 0.1) is 6.21 Å². The molecule has 0 aliphatic carbocycles. The first-order valence-corrected chi connectivity index (χ1v) is 9.30. The third kappa shape index (κ3) is 5.75. The monoisotopic (exact) mass is 369 g/mol. The standard InChI is InChI=1S/C23H31NO3/c1-22(2,3)18-11-12-21(19(15-18)23(4,5)6)27-14-13-26-20-10-8-7-9-17(20)16-24-25/h7-12,15-16,25H,13-14H2,1-6H3. The van der Waals surface area contributed by atoms with E-state index in [-0.39, 0.29) is 10.8 Å². The smallest absolute Gasteiger partial charge is 0.128 e. The van der Waals surface area contributed by atoms with Crippen molar-refractivity contribution >= 4 is 6.21 Å². The molecule has 0 bridgehead atoms. The third-order valence-electron chi connectivity index (χ3n) is 4.37. The number of para-hydroxylation sites is 1. The van der Waals surface area contributed by atoms with E-state index in [1.165, 1.54) is 17.3 Å². The first-order valence-electron chi connectivity index (χ1n) is 9.30. The highest BCUT2D eigenvalue weighted by molar-refractivity contribution is 5.82. The van der Waals surface area contributed by atoms with Gasteiger partial charge in [-0.1, -0.05) is 71.0 Å². The lowest BCUT2D eigenvalue weighted by Crippen LogP contribution is -2.19. The number of benzene rings is 2. The van der Waals surface area contributed by atoms with E-state index in [0.717, 1.165) is 11.3 Å². The second-order valence-corrected chi connectivity index (χ2v) is 8.69. The van der Waals surface area contributed by atoms with E-state index >= 15 is 0 Å². The van der Waals surface area contributed by atoms with E-state index in [1.54, 1.807) is 0 Å². The highest BCUT2D eigenvalue weighted by atomic mass is 16.5. The van der Waals surface area contributed by atoms with Crippen molar-refractivity contribution in [3.63, 3.8) is 0 Å². The van der Waals surface area contributed by atoms with Crippen molar-refractivity contribution in [1.29, 1.82) is 0 Å². The van der Waals surface area contributed by atoms with Crippen molar-refractivity contribution in [1.82, 2.24) is 0 Å². The normalized spacial score (nSPS) is 12.4. The second kappa shape index (κ2) is 8.47. The maximum atomic E-state index is 8.74. The Bertz CT molecular complexity index is 783. The van der Waals surface area contributed by atoms with Gasteiger partial charge in [-0.05, 0) is 40.2 Å². The fourth-order valence-electron chi connectivity index (χ4n) is 2.79. The zero-order chi connectivity index (χ0) is 20.1. The van der Waals surface area contributed by atoms with Gasteiger partial charge in [-0.25, -0.2) is 0 Å². The predicted octanol–water partition coefficient (Wildman–Crippen LogP) is 5.55. The van der Waals surface area contributed by atoms with Gasteiger partial charge in [-0.3, -0.25) is 0 Å². The van der Waals surface area contributed by atoms with Crippen LogP contribution in [-0.4, -0.2) is 24.6 Å². The molecule has 2 aromatic carbocycles. The summed E-state index contributed by atoms with van der Waals surface area (Å²) in [6.45, 7) is 14.1. The van der Waals surface area contributed by atoms with Gasteiger partial charge in [-0.2, -0.15) is 0 Å². The molecule has 0 saturated carbocycles. The number of hydrogen-bond donors (Lipinski definition) is 1. The molecule has 146 valence electrons. The van der Waals surface area contributed by atoms with Crippen LogP contribution < -0.4 is 9.47 Å². The van der Waals surface area contributed by atoms with Crippen LogP contribution >= 0.6 is 0 Å². The number of oxime groups is 1. The largest absolute Gasteiger partial charge is 0.490 e. The molecule has 2 rings (SSSR count). The number of ether oxygens (including phenoxy) is 2. The summed E-state index contributed by atoms with van der Waals surface area (Å²) in [7, 11) is 0. The quantitative estimate of drug-likeness (QED) is 0.314. The second-order valence-electron chi connectivity index (χ2n) is 8.69. The topological polar surface area (TPSA) is 51.0 Å². The van der Waals surface area contributed by atoms with Crippen molar-refractivity contribution in [3.05, 3.63) is 59.2 Å². The molecular weight excluding hydrogens is 338 g/mol. The van der Waals surface area contributed by atoms with E-state index in [0.29, 0.717) is 19.0 Å². The summed E-state index contributed by atoms with van der Waals surface area (Å²) < 4.78 is 11.8. The van der Waals surface area contributed by atoms with E-state index in [9.17, 15) is 0 Å². The van der Waals surface area contributed by atoms with Crippen molar-refractivity contribution < 1.29 is 14.7 Å². The van der Waals surface area contributed by atoms with Crippen LogP contribution in [0, 0.1) is 0 Å². The van der Waals surface area contributed by atoms with Gasteiger partial charge in [0.25, 0.3) is 0 Å². The Morgan fingerprint density at radius 3 is 2.07 bits per heavy atom. The zero-order valence-corrected chi connectivity index (χ0v) is 17.2. The first-order chi connectivity index (χ1) is 12.6. The molecule has 0 unspecified atom stereocenters. The summed E-state index contributed by atoms with van der Waals surface area (Å²) in [6.07, 6.45) is 1.36. The van der Waals surface area contributed by atoms with Crippen molar-refractivity contribution in [2.24, 2.45) is 5.16 Å². The molecule has 4 nitrogen and oxygen atoms in total. The van der Waals surface area contributed by atoms with Gasteiger partial charge < -0.3 is 14.7 Å². The predicted molar refractivity (Wildman–Crippen MR) is 111 cm³/mol. The molecule has 0 aliphatic heterocycles. The minimum Gasteiger partial charge on any atom is -0.490 e. The summed E-state index contributed by atoms with van der Waals surface area (Å²) in [5.74, 6) is 1.56. The molecule has 0 saturated heterocycles. The minimum atomic E-state index is -0.0123. The fourth-order valence-corrected chi connectivity index (χ4v) is 2.79. The average molecular weight is 370 g/mol.